The summed E-state index contributed by atoms with van der Waals surface area (Å²) in [4.78, 5) is 20.0. The molecule has 140 valence electrons. The standard InChI is InChI=1S/C22H18N2O3S/c1-26-18-11-9-16(10-12-18)14-20-21(25)24(15-19-8-5-13-27-19)22(28-20)23-17-6-3-2-4-7-17/h2-14H,15H2,1H3/b20-14-,23-22-. The number of hydrogen-bond donors (Lipinski definition) is 0. The number of hydrogen-bond acceptors (Lipinski definition) is 5. The molecular formula is C22H18N2O3S. The van der Waals surface area contributed by atoms with Crippen LogP contribution in [0.15, 0.2) is 87.3 Å². The van der Waals surface area contributed by atoms with Crippen LogP contribution in [0.4, 0.5) is 5.69 Å². The van der Waals surface area contributed by atoms with Crippen LogP contribution in [0.5, 0.6) is 5.75 Å². The lowest BCUT2D eigenvalue weighted by Gasteiger charge is -2.13. The van der Waals surface area contributed by atoms with Gasteiger partial charge in [0.2, 0.25) is 0 Å². The van der Waals surface area contributed by atoms with Crippen molar-refractivity contribution in [2.75, 3.05) is 7.11 Å². The van der Waals surface area contributed by atoms with Crippen molar-refractivity contribution in [2.45, 2.75) is 6.54 Å². The maximum atomic E-state index is 13.0. The number of nitrogens with zero attached hydrogens (tertiary/aromatic N) is 2. The summed E-state index contributed by atoms with van der Waals surface area (Å²) in [5.41, 5.74) is 1.73. The highest BCUT2D eigenvalue weighted by atomic mass is 32.2. The van der Waals surface area contributed by atoms with Crippen molar-refractivity contribution in [1.82, 2.24) is 4.90 Å². The second kappa shape index (κ2) is 8.19. The van der Waals surface area contributed by atoms with E-state index in [1.165, 1.54) is 11.8 Å². The van der Waals surface area contributed by atoms with Crippen molar-refractivity contribution in [3.05, 3.63) is 89.2 Å². The number of benzene rings is 2. The van der Waals surface area contributed by atoms with Gasteiger partial charge in [-0.15, -0.1) is 0 Å². The van der Waals surface area contributed by atoms with Gasteiger partial charge in [0.25, 0.3) is 5.91 Å². The van der Waals surface area contributed by atoms with Crippen LogP contribution in [0.25, 0.3) is 6.08 Å². The molecule has 28 heavy (non-hydrogen) atoms. The molecule has 2 heterocycles. The van der Waals surface area contributed by atoms with Crippen LogP contribution >= 0.6 is 11.8 Å². The molecule has 0 N–H and O–H groups in total. The Labute approximate surface area is 167 Å². The van der Waals surface area contributed by atoms with E-state index < -0.39 is 0 Å². The van der Waals surface area contributed by atoms with Gasteiger partial charge in [-0.3, -0.25) is 9.69 Å². The molecule has 1 amide bonds. The van der Waals surface area contributed by atoms with E-state index in [0.717, 1.165) is 17.0 Å². The van der Waals surface area contributed by atoms with Crippen LogP contribution in [0, 0.1) is 0 Å². The molecule has 0 saturated carbocycles. The first-order valence-electron chi connectivity index (χ1n) is 8.74. The van der Waals surface area contributed by atoms with E-state index in [2.05, 4.69) is 4.99 Å². The molecule has 5 nitrogen and oxygen atoms in total. The average molecular weight is 390 g/mol. The number of thioether (sulfide) groups is 1. The smallest absolute Gasteiger partial charge is 0.267 e. The second-order valence-corrected chi connectivity index (χ2v) is 7.09. The largest absolute Gasteiger partial charge is 0.497 e. The molecule has 0 atom stereocenters. The van der Waals surface area contributed by atoms with E-state index in [0.29, 0.717) is 22.4 Å². The van der Waals surface area contributed by atoms with Gasteiger partial charge in [0.1, 0.15) is 11.5 Å². The van der Waals surface area contributed by atoms with Gasteiger partial charge in [0, 0.05) is 0 Å². The van der Waals surface area contributed by atoms with Crippen molar-refractivity contribution in [2.24, 2.45) is 4.99 Å². The molecule has 0 spiro atoms. The predicted molar refractivity (Wildman–Crippen MR) is 111 cm³/mol. The Balaban J connectivity index is 1.66. The van der Waals surface area contributed by atoms with Gasteiger partial charge < -0.3 is 9.15 Å². The fourth-order valence-corrected chi connectivity index (χ4v) is 3.75. The number of para-hydroxylation sites is 1. The fourth-order valence-electron chi connectivity index (χ4n) is 2.75. The van der Waals surface area contributed by atoms with Gasteiger partial charge in [0.15, 0.2) is 5.17 Å². The van der Waals surface area contributed by atoms with Crippen molar-refractivity contribution in [3.8, 4) is 5.75 Å². The highest BCUT2D eigenvalue weighted by Crippen LogP contribution is 2.35. The second-order valence-electron chi connectivity index (χ2n) is 6.08. The van der Waals surface area contributed by atoms with E-state index in [9.17, 15) is 4.79 Å². The van der Waals surface area contributed by atoms with Gasteiger partial charge >= 0.3 is 0 Å². The number of methoxy groups -OCH3 is 1. The van der Waals surface area contributed by atoms with E-state index in [4.69, 9.17) is 9.15 Å². The summed E-state index contributed by atoms with van der Waals surface area (Å²) < 4.78 is 10.6. The summed E-state index contributed by atoms with van der Waals surface area (Å²) in [7, 11) is 1.63. The number of furan rings is 1. The van der Waals surface area contributed by atoms with E-state index >= 15 is 0 Å². The Morgan fingerprint density at radius 1 is 1.07 bits per heavy atom. The lowest BCUT2D eigenvalue weighted by Crippen LogP contribution is -2.28. The van der Waals surface area contributed by atoms with Crippen molar-refractivity contribution in [3.63, 3.8) is 0 Å². The van der Waals surface area contributed by atoms with Crippen molar-refractivity contribution in [1.29, 1.82) is 0 Å². The third-order valence-corrected chi connectivity index (χ3v) is 5.18. The number of ether oxygens (including phenoxy) is 1. The Morgan fingerprint density at radius 2 is 1.86 bits per heavy atom. The minimum atomic E-state index is -0.0908. The van der Waals surface area contributed by atoms with E-state index in [1.807, 2.05) is 72.8 Å². The molecule has 2 aromatic carbocycles. The molecule has 1 aliphatic heterocycles. The molecule has 0 bridgehead atoms. The number of carbonyl (C=O) groups excluding carboxylic acids is 1. The first-order valence-corrected chi connectivity index (χ1v) is 9.56. The van der Waals surface area contributed by atoms with E-state index in [1.54, 1.807) is 18.3 Å². The lowest BCUT2D eigenvalue weighted by molar-refractivity contribution is -0.122. The molecule has 1 saturated heterocycles. The van der Waals surface area contributed by atoms with Crippen LogP contribution in [0.1, 0.15) is 11.3 Å². The van der Waals surface area contributed by atoms with Gasteiger partial charge in [-0.25, -0.2) is 4.99 Å². The molecule has 0 radical (unpaired) electrons. The average Bonchev–Trinajstić information content (AvgIpc) is 3.34. The monoisotopic (exact) mass is 390 g/mol. The molecule has 0 aliphatic carbocycles. The van der Waals surface area contributed by atoms with E-state index in [-0.39, 0.29) is 5.91 Å². The third kappa shape index (κ3) is 4.02. The first-order chi connectivity index (χ1) is 13.7. The van der Waals surface area contributed by atoms with Crippen LogP contribution < -0.4 is 4.74 Å². The van der Waals surface area contributed by atoms with Crippen LogP contribution in [-0.2, 0) is 11.3 Å². The minimum Gasteiger partial charge on any atom is -0.497 e. The SMILES string of the molecule is COc1ccc(/C=C2\S/C(=N\c3ccccc3)N(Cc3ccco3)C2=O)cc1. The maximum Gasteiger partial charge on any atom is 0.267 e. The summed E-state index contributed by atoms with van der Waals surface area (Å²) >= 11 is 1.36. The Kier molecular flexibility index (Phi) is 5.30. The zero-order valence-electron chi connectivity index (χ0n) is 15.2. The van der Waals surface area contributed by atoms with Gasteiger partial charge in [-0.05, 0) is 59.8 Å². The molecule has 3 aromatic rings. The molecule has 6 heteroatoms. The number of carbonyl (C=O) groups is 1. The molecule has 1 aliphatic rings. The minimum absolute atomic E-state index is 0.0908. The molecule has 4 rings (SSSR count). The number of amides is 1. The van der Waals surface area contributed by atoms with Gasteiger partial charge in [-0.1, -0.05) is 30.3 Å². The summed E-state index contributed by atoms with van der Waals surface area (Å²) in [5, 5.41) is 0.632. The molecule has 1 fully saturated rings. The van der Waals surface area contributed by atoms with Gasteiger partial charge in [-0.2, -0.15) is 0 Å². The maximum absolute atomic E-state index is 13.0. The predicted octanol–water partition coefficient (Wildman–Crippen LogP) is 5.09. The number of rotatable bonds is 5. The highest BCUT2D eigenvalue weighted by Gasteiger charge is 2.34. The topological polar surface area (TPSA) is 55.0 Å². The van der Waals surface area contributed by atoms with Crippen LogP contribution in [0.3, 0.4) is 0 Å². The van der Waals surface area contributed by atoms with Crippen LogP contribution in [-0.4, -0.2) is 23.1 Å². The van der Waals surface area contributed by atoms with Crippen molar-refractivity contribution >= 4 is 34.6 Å². The Hall–Kier alpha value is -3.25. The Morgan fingerprint density at radius 3 is 2.54 bits per heavy atom. The van der Waals surface area contributed by atoms with Crippen LogP contribution in [0.2, 0.25) is 0 Å². The number of aliphatic imine (C=N–C) groups is 1. The molecule has 1 aromatic heterocycles. The van der Waals surface area contributed by atoms with Crippen molar-refractivity contribution < 1.29 is 13.9 Å². The summed E-state index contributed by atoms with van der Waals surface area (Å²) in [6, 6.07) is 20.8. The molecular weight excluding hydrogens is 372 g/mol. The quantitative estimate of drug-likeness (QED) is 0.569. The zero-order chi connectivity index (χ0) is 19.3. The third-order valence-electron chi connectivity index (χ3n) is 4.18. The summed E-state index contributed by atoms with van der Waals surface area (Å²) in [6.07, 6.45) is 3.47. The first kappa shape index (κ1) is 18.1. The highest BCUT2D eigenvalue weighted by molar-refractivity contribution is 8.18. The zero-order valence-corrected chi connectivity index (χ0v) is 16.1. The number of amidine groups is 1. The summed E-state index contributed by atoms with van der Waals surface area (Å²) in [5.74, 6) is 1.39. The normalized spacial score (nSPS) is 16.9. The molecule has 0 unspecified atom stereocenters. The van der Waals surface area contributed by atoms with Gasteiger partial charge in [0.05, 0.1) is 30.5 Å². The summed E-state index contributed by atoms with van der Waals surface area (Å²) in [6.45, 7) is 0.338. The Bertz CT molecular complexity index is 1010. The lowest BCUT2D eigenvalue weighted by atomic mass is 10.2. The fraction of sp³-hybridized carbons (Fsp3) is 0.0909.